The van der Waals surface area contributed by atoms with Crippen LogP contribution in [0.15, 0.2) is 18.2 Å². The summed E-state index contributed by atoms with van der Waals surface area (Å²) in [5.74, 6) is 0.0384. The first-order valence-electron chi connectivity index (χ1n) is 8.35. The van der Waals surface area contributed by atoms with Crippen LogP contribution < -0.4 is 0 Å². The molecule has 2 aromatic heterocycles. The van der Waals surface area contributed by atoms with Gasteiger partial charge in [0.15, 0.2) is 5.69 Å². The molecule has 1 aliphatic heterocycles. The fraction of sp³-hybridized carbons (Fsp3) is 0.333. The van der Waals surface area contributed by atoms with Crippen LogP contribution in [0.3, 0.4) is 0 Å². The van der Waals surface area contributed by atoms with Gasteiger partial charge in [-0.25, -0.2) is 0 Å². The first-order chi connectivity index (χ1) is 11.7. The van der Waals surface area contributed by atoms with Gasteiger partial charge in [0, 0.05) is 58.0 Å². The number of aromatic nitrogens is 3. The van der Waals surface area contributed by atoms with Gasteiger partial charge in [0.1, 0.15) is 0 Å². The Kier molecular flexibility index (Phi) is 3.00. The lowest BCUT2D eigenvalue weighted by Gasteiger charge is -2.27. The number of aromatic amines is 2. The van der Waals surface area contributed by atoms with E-state index in [1.54, 1.807) is 0 Å². The van der Waals surface area contributed by atoms with E-state index < -0.39 is 0 Å². The van der Waals surface area contributed by atoms with Crippen LogP contribution in [0.1, 0.15) is 39.4 Å². The van der Waals surface area contributed by atoms with Crippen LogP contribution in [-0.4, -0.2) is 32.5 Å². The molecular weight excluding hydrogens is 324 g/mol. The minimum Gasteiger partial charge on any atom is -0.358 e. The minimum atomic E-state index is 0.0384. The molecule has 2 aliphatic rings. The van der Waals surface area contributed by atoms with E-state index in [1.807, 2.05) is 23.1 Å². The molecule has 0 atom stereocenters. The van der Waals surface area contributed by atoms with Crippen LogP contribution >= 0.6 is 11.6 Å². The molecule has 0 fully saturated rings. The SMILES string of the molecule is O=C(c1n[nH]c2c1CCC2)N1CCc2[nH]c3ccc(Cl)cc3c2C1. The Morgan fingerprint density at radius 2 is 2.08 bits per heavy atom. The lowest BCUT2D eigenvalue weighted by Crippen LogP contribution is -2.36. The maximum absolute atomic E-state index is 13.0. The van der Waals surface area contributed by atoms with Crippen molar-refractivity contribution in [2.45, 2.75) is 32.2 Å². The van der Waals surface area contributed by atoms with Crippen LogP contribution in [0.4, 0.5) is 0 Å². The molecule has 0 bridgehead atoms. The van der Waals surface area contributed by atoms with Gasteiger partial charge in [-0.3, -0.25) is 9.89 Å². The van der Waals surface area contributed by atoms with Gasteiger partial charge in [0.25, 0.3) is 5.91 Å². The van der Waals surface area contributed by atoms with Crippen molar-refractivity contribution in [2.24, 2.45) is 0 Å². The van der Waals surface area contributed by atoms with Crippen molar-refractivity contribution in [3.05, 3.63) is 51.4 Å². The smallest absolute Gasteiger partial charge is 0.274 e. The van der Waals surface area contributed by atoms with E-state index in [0.29, 0.717) is 18.8 Å². The highest BCUT2D eigenvalue weighted by Gasteiger charge is 2.29. The fourth-order valence-electron chi connectivity index (χ4n) is 4.01. The summed E-state index contributed by atoms with van der Waals surface area (Å²) in [5, 5.41) is 9.16. The second kappa shape index (κ2) is 5.11. The number of aryl methyl sites for hydroxylation is 1. The zero-order valence-electron chi connectivity index (χ0n) is 13.2. The molecule has 5 rings (SSSR count). The highest BCUT2D eigenvalue weighted by atomic mass is 35.5. The van der Waals surface area contributed by atoms with Gasteiger partial charge in [0.05, 0.1) is 0 Å². The zero-order chi connectivity index (χ0) is 16.3. The number of fused-ring (bicyclic) bond motifs is 4. The van der Waals surface area contributed by atoms with Gasteiger partial charge in [-0.05, 0) is 37.5 Å². The molecule has 0 saturated heterocycles. The molecule has 24 heavy (non-hydrogen) atoms. The first-order valence-corrected chi connectivity index (χ1v) is 8.73. The van der Waals surface area contributed by atoms with E-state index in [1.165, 1.54) is 11.3 Å². The van der Waals surface area contributed by atoms with Gasteiger partial charge in [-0.2, -0.15) is 5.10 Å². The highest BCUT2D eigenvalue weighted by Crippen LogP contribution is 2.31. The lowest BCUT2D eigenvalue weighted by atomic mass is 10.0. The molecule has 0 saturated carbocycles. The number of amides is 1. The topological polar surface area (TPSA) is 64.8 Å². The molecule has 6 heteroatoms. The van der Waals surface area contributed by atoms with Gasteiger partial charge in [-0.15, -0.1) is 0 Å². The summed E-state index contributed by atoms with van der Waals surface area (Å²) in [4.78, 5) is 18.3. The van der Waals surface area contributed by atoms with Crippen molar-refractivity contribution in [3.8, 4) is 0 Å². The number of hydrogen-bond donors (Lipinski definition) is 2. The molecule has 3 aromatic rings. The summed E-state index contributed by atoms with van der Waals surface area (Å²) in [6.45, 7) is 1.32. The van der Waals surface area contributed by atoms with Crippen LogP contribution in [0.5, 0.6) is 0 Å². The van der Waals surface area contributed by atoms with Crippen LogP contribution in [0.25, 0.3) is 10.9 Å². The van der Waals surface area contributed by atoms with E-state index in [2.05, 4.69) is 15.2 Å². The van der Waals surface area contributed by atoms with E-state index in [0.717, 1.165) is 52.9 Å². The molecule has 1 amide bonds. The summed E-state index contributed by atoms with van der Waals surface area (Å²) in [7, 11) is 0. The minimum absolute atomic E-state index is 0.0384. The molecule has 122 valence electrons. The standard InChI is InChI=1S/C18H17ClN4O/c19-10-4-5-14-12(8-10)13-9-23(7-6-15(13)20-14)18(24)17-11-2-1-3-16(11)21-22-17/h4-5,8,20H,1-3,6-7,9H2,(H,21,22). The third-order valence-electron chi connectivity index (χ3n) is 5.23. The number of hydrogen-bond acceptors (Lipinski definition) is 2. The van der Waals surface area contributed by atoms with Crippen molar-refractivity contribution in [1.29, 1.82) is 0 Å². The third kappa shape index (κ3) is 2.01. The first kappa shape index (κ1) is 14.1. The Hall–Kier alpha value is -2.27. The Balaban J connectivity index is 1.50. The summed E-state index contributed by atoms with van der Waals surface area (Å²) < 4.78 is 0. The van der Waals surface area contributed by atoms with Crippen LogP contribution in [0.2, 0.25) is 5.02 Å². The van der Waals surface area contributed by atoms with Gasteiger partial charge in [0.2, 0.25) is 0 Å². The van der Waals surface area contributed by atoms with Crippen molar-refractivity contribution >= 4 is 28.4 Å². The van der Waals surface area contributed by atoms with E-state index in [9.17, 15) is 4.79 Å². The largest absolute Gasteiger partial charge is 0.358 e. The maximum atomic E-state index is 13.0. The molecule has 1 aliphatic carbocycles. The van der Waals surface area contributed by atoms with Crippen molar-refractivity contribution in [1.82, 2.24) is 20.1 Å². The van der Waals surface area contributed by atoms with Crippen molar-refractivity contribution < 1.29 is 4.79 Å². The van der Waals surface area contributed by atoms with Crippen LogP contribution in [-0.2, 0) is 25.8 Å². The molecule has 0 radical (unpaired) electrons. The normalized spacial score (nSPS) is 16.5. The Bertz CT molecular complexity index is 971. The monoisotopic (exact) mass is 340 g/mol. The molecule has 2 N–H and O–H groups in total. The van der Waals surface area contributed by atoms with Crippen molar-refractivity contribution in [3.63, 3.8) is 0 Å². The number of rotatable bonds is 1. The van der Waals surface area contributed by atoms with Crippen molar-refractivity contribution in [2.75, 3.05) is 6.54 Å². The summed E-state index contributed by atoms with van der Waals surface area (Å²) in [6, 6.07) is 5.87. The quantitative estimate of drug-likeness (QED) is 0.714. The predicted octanol–water partition coefficient (Wildman–Crippen LogP) is 3.23. The predicted molar refractivity (Wildman–Crippen MR) is 92.4 cm³/mol. The summed E-state index contributed by atoms with van der Waals surface area (Å²) in [5.41, 5.74) is 6.34. The second-order valence-electron chi connectivity index (χ2n) is 6.63. The molecular formula is C18H17ClN4O. The number of H-pyrrole nitrogens is 2. The number of nitrogens with zero attached hydrogens (tertiary/aromatic N) is 2. The molecule has 3 heterocycles. The van der Waals surface area contributed by atoms with Gasteiger partial charge < -0.3 is 9.88 Å². The Labute approximate surface area is 144 Å². The average Bonchev–Trinajstić information content (AvgIpc) is 3.27. The third-order valence-corrected chi connectivity index (χ3v) is 5.47. The number of nitrogens with one attached hydrogen (secondary N) is 2. The molecule has 1 aromatic carbocycles. The summed E-state index contributed by atoms with van der Waals surface area (Å²) >= 11 is 6.15. The van der Waals surface area contributed by atoms with Crippen LogP contribution in [0, 0.1) is 0 Å². The second-order valence-corrected chi connectivity index (χ2v) is 7.07. The maximum Gasteiger partial charge on any atom is 0.274 e. The molecule has 5 nitrogen and oxygen atoms in total. The Morgan fingerprint density at radius 1 is 1.17 bits per heavy atom. The molecule has 0 unspecified atom stereocenters. The highest BCUT2D eigenvalue weighted by molar-refractivity contribution is 6.31. The number of benzene rings is 1. The van der Waals surface area contributed by atoms with Gasteiger partial charge >= 0.3 is 0 Å². The van der Waals surface area contributed by atoms with E-state index in [4.69, 9.17) is 11.6 Å². The van der Waals surface area contributed by atoms with E-state index >= 15 is 0 Å². The summed E-state index contributed by atoms with van der Waals surface area (Å²) in [6.07, 6.45) is 3.89. The lowest BCUT2D eigenvalue weighted by molar-refractivity contribution is 0.0728. The molecule has 0 spiro atoms. The number of halogens is 1. The van der Waals surface area contributed by atoms with Gasteiger partial charge in [-0.1, -0.05) is 11.6 Å². The zero-order valence-corrected chi connectivity index (χ0v) is 13.9. The Morgan fingerprint density at radius 3 is 3.00 bits per heavy atom. The van der Waals surface area contributed by atoms with E-state index in [-0.39, 0.29) is 5.91 Å². The average molecular weight is 341 g/mol. The number of carbonyl (C=O) groups excluding carboxylic acids is 1. The number of carbonyl (C=O) groups is 1. The fourth-order valence-corrected chi connectivity index (χ4v) is 4.18.